The van der Waals surface area contributed by atoms with Crippen LogP contribution in [0.25, 0.3) is 110 Å². The molecule has 0 unspecified atom stereocenters. The number of fused-ring (bicyclic) bond motifs is 11. The van der Waals surface area contributed by atoms with Crippen LogP contribution in [0, 0.1) is 0 Å². The first kappa shape index (κ1) is 31.4. The van der Waals surface area contributed by atoms with Gasteiger partial charge in [0.15, 0.2) is 0 Å². The standard InChI is InChI=1S/C55H36O/c1-55(2)49-29-25-34(30-47(49)48-31-35-24-26-45-39-18-12-13-23-51(39)56-54(45)46(35)32-50(48)55)36-27-28-44(38-17-7-6-16-37(36)38)53-42-21-10-8-19-40(42)52(33-14-4-3-5-15-33)41-20-9-11-22-43(41)53/h3-32H,1-2H3. The highest BCUT2D eigenvalue weighted by atomic mass is 16.3. The smallest absolute Gasteiger partial charge is 0.143 e. The van der Waals surface area contributed by atoms with Gasteiger partial charge in [0, 0.05) is 21.6 Å². The zero-order chi connectivity index (χ0) is 37.1. The molecule has 0 saturated carbocycles. The maximum Gasteiger partial charge on any atom is 0.143 e. The minimum absolute atomic E-state index is 0.147. The Hall–Kier alpha value is -6.96. The van der Waals surface area contributed by atoms with Gasteiger partial charge in [-0.25, -0.2) is 0 Å². The lowest BCUT2D eigenvalue weighted by atomic mass is 9.81. The number of hydrogen-bond acceptors (Lipinski definition) is 1. The Morgan fingerprint density at radius 1 is 0.339 bits per heavy atom. The minimum Gasteiger partial charge on any atom is -0.455 e. The molecular weight excluding hydrogens is 677 g/mol. The van der Waals surface area contributed by atoms with Crippen LogP contribution >= 0.6 is 0 Å². The molecule has 1 aliphatic rings. The Bertz CT molecular complexity index is 3380. The molecule has 1 aromatic heterocycles. The zero-order valence-electron chi connectivity index (χ0n) is 31.2. The van der Waals surface area contributed by atoms with Crippen LogP contribution in [0.1, 0.15) is 25.0 Å². The second-order valence-electron chi connectivity index (χ2n) is 16.0. The fourth-order valence-corrected chi connectivity index (χ4v) is 10.0. The molecule has 0 aliphatic heterocycles. The molecule has 10 aromatic carbocycles. The van der Waals surface area contributed by atoms with E-state index in [-0.39, 0.29) is 5.41 Å². The zero-order valence-corrected chi connectivity index (χ0v) is 31.2. The average molecular weight is 713 g/mol. The summed E-state index contributed by atoms with van der Waals surface area (Å²) in [5.41, 5.74) is 14.7. The van der Waals surface area contributed by atoms with Gasteiger partial charge in [-0.3, -0.25) is 0 Å². The number of furan rings is 1. The molecule has 0 radical (unpaired) electrons. The van der Waals surface area contributed by atoms with Crippen molar-refractivity contribution in [1.82, 2.24) is 0 Å². The summed E-state index contributed by atoms with van der Waals surface area (Å²) >= 11 is 0. The molecular formula is C55H36O. The first-order chi connectivity index (χ1) is 27.5. The van der Waals surface area contributed by atoms with Gasteiger partial charge in [0.1, 0.15) is 11.2 Å². The monoisotopic (exact) mass is 712 g/mol. The predicted octanol–water partition coefficient (Wildman–Crippen LogP) is 15.5. The van der Waals surface area contributed by atoms with Crippen molar-refractivity contribution >= 4 is 65.0 Å². The fourth-order valence-electron chi connectivity index (χ4n) is 10.0. The lowest BCUT2D eigenvalue weighted by molar-refractivity contribution is 0.660. The maximum atomic E-state index is 6.50. The van der Waals surface area contributed by atoms with Gasteiger partial charge in [0.25, 0.3) is 0 Å². The topological polar surface area (TPSA) is 13.1 Å². The van der Waals surface area contributed by atoms with Crippen molar-refractivity contribution in [3.05, 3.63) is 193 Å². The Morgan fingerprint density at radius 3 is 1.62 bits per heavy atom. The van der Waals surface area contributed by atoms with Crippen LogP contribution in [0.2, 0.25) is 0 Å². The fraction of sp³-hybridized carbons (Fsp3) is 0.0545. The molecule has 0 atom stereocenters. The Kier molecular flexibility index (Phi) is 6.46. The minimum atomic E-state index is -0.147. The molecule has 262 valence electrons. The van der Waals surface area contributed by atoms with Crippen molar-refractivity contribution in [2.45, 2.75) is 19.3 Å². The summed E-state index contributed by atoms with van der Waals surface area (Å²) in [6, 6.07) is 67.2. The maximum absolute atomic E-state index is 6.50. The molecule has 0 saturated heterocycles. The lowest BCUT2D eigenvalue weighted by Gasteiger charge is -2.22. The molecule has 1 aliphatic carbocycles. The molecule has 0 fully saturated rings. The molecule has 1 nitrogen and oxygen atoms in total. The van der Waals surface area contributed by atoms with Gasteiger partial charge in [-0.05, 0) is 124 Å². The molecule has 0 N–H and O–H groups in total. The van der Waals surface area contributed by atoms with Crippen LogP contribution in [0.5, 0.6) is 0 Å². The molecule has 56 heavy (non-hydrogen) atoms. The summed E-state index contributed by atoms with van der Waals surface area (Å²) < 4.78 is 6.50. The molecule has 12 rings (SSSR count). The first-order valence-electron chi connectivity index (χ1n) is 19.6. The molecule has 11 aromatic rings. The van der Waals surface area contributed by atoms with Gasteiger partial charge in [-0.1, -0.05) is 166 Å². The summed E-state index contributed by atoms with van der Waals surface area (Å²) in [5.74, 6) is 0. The van der Waals surface area contributed by atoms with Gasteiger partial charge in [0.2, 0.25) is 0 Å². The number of benzene rings is 10. The second kappa shape index (κ2) is 11.5. The van der Waals surface area contributed by atoms with Crippen molar-refractivity contribution in [3.63, 3.8) is 0 Å². The van der Waals surface area contributed by atoms with Crippen LogP contribution in [0.3, 0.4) is 0 Å². The van der Waals surface area contributed by atoms with E-state index in [0.717, 1.165) is 11.2 Å². The third-order valence-electron chi connectivity index (χ3n) is 12.7. The van der Waals surface area contributed by atoms with Crippen molar-refractivity contribution in [2.75, 3.05) is 0 Å². The van der Waals surface area contributed by atoms with E-state index < -0.39 is 0 Å². The predicted molar refractivity (Wildman–Crippen MR) is 238 cm³/mol. The molecule has 0 bridgehead atoms. The number of para-hydroxylation sites is 1. The molecule has 1 heteroatoms. The van der Waals surface area contributed by atoms with E-state index in [1.54, 1.807) is 0 Å². The van der Waals surface area contributed by atoms with Crippen molar-refractivity contribution in [3.8, 4) is 44.5 Å². The van der Waals surface area contributed by atoms with E-state index in [1.165, 1.54) is 109 Å². The van der Waals surface area contributed by atoms with Gasteiger partial charge in [0.05, 0.1) is 0 Å². The van der Waals surface area contributed by atoms with Crippen molar-refractivity contribution < 1.29 is 4.42 Å². The first-order valence-corrected chi connectivity index (χ1v) is 19.6. The van der Waals surface area contributed by atoms with E-state index in [4.69, 9.17) is 4.42 Å². The van der Waals surface area contributed by atoms with E-state index in [9.17, 15) is 0 Å². The summed E-state index contributed by atoms with van der Waals surface area (Å²) in [6.45, 7) is 4.73. The van der Waals surface area contributed by atoms with Crippen LogP contribution in [-0.2, 0) is 5.41 Å². The van der Waals surface area contributed by atoms with E-state index in [0.29, 0.717) is 0 Å². The highest BCUT2D eigenvalue weighted by molar-refractivity contribution is 6.24. The molecule has 0 amide bonds. The largest absolute Gasteiger partial charge is 0.455 e. The second-order valence-corrected chi connectivity index (χ2v) is 16.0. The summed E-state index contributed by atoms with van der Waals surface area (Å²) in [5, 5.41) is 12.3. The SMILES string of the molecule is CC1(C)c2ccc(-c3ccc(-c4c5ccccc5c(-c5ccccc5)c5ccccc45)c4ccccc34)cc2-c2cc3ccc4c5ccccc5oc4c3cc21. The van der Waals surface area contributed by atoms with Crippen LogP contribution in [0.4, 0.5) is 0 Å². The van der Waals surface area contributed by atoms with Gasteiger partial charge < -0.3 is 4.42 Å². The van der Waals surface area contributed by atoms with E-state index in [2.05, 4.69) is 190 Å². The highest BCUT2D eigenvalue weighted by Crippen LogP contribution is 2.53. The van der Waals surface area contributed by atoms with Gasteiger partial charge in [-0.2, -0.15) is 0 Å². The summed E-state index contributed by atoms with van der Waals surface area (Å²) in [6.07, 6.45) is 0. The Balaban J connectivity index is 1.06. The number of rotatable bonds is 3. The van der Waals surface area contributed by atoms with Gasteiger partial charge in [-0.15, -0.1) is 0 Å². The van der Waals surface area contributed by atoms with Crippen LogP contribution < -0.4 is 0 Å². The summed E-state index contributed by atoms with van der Waals surface area (Å²) in [4.78, 5) is 0. The highest BCUT2D eigenvalue weighted by Gasteiger charge is 2.36. The summed E-state index contributed by atoms with van der Waals surface area (Å²) in [7, 11) is 0. The van der Waals surface area contributed by atoms with Crippen molar-refractivity contribution in [2.24, 2.45) is 0 Å². The van der Waals surface area contributed by atoms with E-state index >= 15 is 0 Å². The quantitative estimate of drug-likeness (QED) is 0.166. The number of hydrogen-bond donors (Lipinski definition) is 0. The average Bonchev–Trinajstić information content (AvgIpc) is 3.73. The van der Waals surface area contributed by atoms with Crippen LogP contribution in [0.15, 0.2) is 186 Å². The van der Waals surface area contributed by atoms with Crippen LogP contribution in [-0.4, -0.2) is 0 Å². The Labute approximate surface area is 325 Å². The van der Waals surface area contributed by atoms with E-state index in [1.807, 2.05) is 6.07 Å². The Morgan fingerprint density at radius 2 is 0.911 bits per heavy atom. The van der Waals surface area contributed by atoms with Crippen molar-refractivity contribution in [1.29, 1.82) is 0 Å². The third kappa shape index (κ3) is 4.31. The lowest BCUT2D eigenvalue weighted by Crippen LogP contribution is -2.14. The molecule has 1 heterocycles. The normalized spacial score (nSPS) is 13.3. The molecule has 0 spiro atoms. The van der Waals surface area contributed by atoms with Gasteiger partial charge >= 0.3 is 0 Å². The third-order valence-corrected chi connectivity index (χ3v) is 12.7.